The van der Waals surface area contributed by atoms with Gasteiger partial charge in [0.05, 0.1) is 23.0 Å². The van der Waals surface area contributed by atoms with Crippen molar-refractivity contribution in [3.63, 3.8) is 0 Å². The third kappa shape index (κ3) is 2.80. The molecule has 0 atom stereocenters. The van der Waals surface area contributed by atoms with Crippen molar-refractivity contribution in [2.45, 2.75) is 4.90 Å². The van der Waals surface area contributed by atoms with Crippen LogP contribution < -0.4 is 9.62 Å². The number of hydrogen-bond acceptors (Lipinski definition) is 5. The predicted octanol–water partition coefficient (Wildman–Crippen LogP) is 1.82. The molecule has 0 fully saturated rings. The highest BCUT2D eigenvalue weighted by Gasteiger charge is 2.24. The first kappa shape index (κ1) is 14.8. The number of aromatic nitrogens is 1. The molecule has 0 saturated carbocycles. The zero-order valence-electron chi connectivity index (χ0n) is 11.6. The first-order valence-corrected chi connectivity index (χ1v) is 7.55. The summed E-state index contributed by atoms with van der Waals surface area (Å²) in [6, 6.07) is 9.91. The summed E-state index contributed by atoms with van der Waals surface area (Å²) in [6.45, 7) is 0. The summed E-state index contributed by atoms with van der Waals surface area (Å²) in [6.07, 6.45) is 2.83. The summed E-state index contributed by atoms with van der Waals surface area (Å²) in [4.78, 5) is 3.97. The fourth-order valence-corrected chi connectivity index (χ4v) is 3.16. The molecule has 21 heavy (non-hydrogen) atoms. The van der Waals surface area contributed by atoms with Crippen LogP contribution in [0.4, 0.5) is 11.4 Å². The van der Waals surface area contributed by atoms with E-state index in [0.717, 1.165) is 4.31 Å². The second kappa shape index (κ2) is 5.81. The Kier molecular flexibility index (Phi) is 4.10. The van der Waals surface area contributed by atoms with Crippen LogP contribution in [0.25, 0.3) is 0 Å². The van der Waals surface area contributed by atoms with Crippen molar-refractivity contribution in [3.05, 3.63) is 48.3 Å². The zero-order chi connectivity index (χ0) is 15.5. The van der Waals surface area contributed by atoms with E-state index < -0.39 is 10.0 Å². The van der Waals surface area contributed by atoms with E-state index in [2.05, 4.69) is 10.3 Å². The molecule has 0 saturated heterocycles. The van der Waals surface area contributed by atoms with Gasteiger partial charge < -0.3 is 5.32 Å². The molecule has 0 aliphatic rings. The third-order valence-electron chi connectivity index (χ3n) is 3.05. The van der Waals surface area contributed by atoms with E-state index in [4.69, 9.17) is 5.26 Å². The van der Waals surface area contributed by atoms with Crippen LogP contribution in [0.3, 0.4) is 0 Å². The van der Waals surface area contributed by atoms with Crippen LogP contribution in [0.5, 0.6) is 0 Å². The minimum atomic E-state index is -3.73. The number of anilines is 2. The second-order valence-corrected chi connectivity index (χ2v) is 6.19. The molecule has 6 nitrogen and oxygen atoms in total. The summed E-state index contributed by atoms with van der Waals surface area (Å²) in [5.41, 5.74) is 1.42. The Balaban J connectivity index is 2.45. The molecule has 0 aliphatic carbocycles. The molecule has 2 aromatic rings. The van der Waals surface area contributed by atoms with Gasteiger partial charge in [0.2, 0.25) is 0 Å². The fourth-order valence-electron chi connectivity index (χ4n) is 1.82. The van der Waals surface area contributed by atoms with Gasteiger partial charge in [0.25, 0.3) is 10.0 Å². The lowest BCUT2D eigenvalue weighted by molar-refractivity contribution is 0.594. The molecule has 0 radical (unpaired) electrons. The second-order valence-electron chi connectivity index (χ2n) is 4.25. The van der Waals surface area contributed by atoms with Gasteiger partial charge in [0, 0.05) is 26.5 Å². The Labute approximate surface area is 123 Å². The maximum Gasteiger partial charge on any atom is 0.267 e. The minimum Gasteiger partial charge on any atom is -0.387 e. The lowest BCUT2D eigenvalue weighted by Crippen LogP contribution is -2.27. The molecule has 1 aromatic carbocycles. The van der Waals surface area contributed by atoms with Gasteiger partial charge in [-0.05, 0) is 30.3 Å². The summed E-state index contributed by atoms with van der Waals surface area (Å²) < 4.78 is 26.5. The Morgan fingerprint density at radius 1 is 1.24 bits per heavy atom. The van der Waals surface area contributed by atoms with Gasteiger partial charge in [-0.15, -0.1) is 0 Å². The van der Waals surface area contributed by atoms with Crippen LogP contribution in [0.15, 0.2) is 47.6 Å². The Morgan fingerprint density at radius 3 is 2.48 bits per heavy atom. The van der Waals surface area contributed by atoms with E-state index in [1.165, 1.54) is 19.4 Å². The van der Waals surface area contributed by atoms with Crippen LogP contribution >= 0.6 is 0 Å². The molecule has 0 aliphatic heterocycles. The third-order valence-corrected chi connectivity index (χ3v) is 4.87. The van der Waals surface area contributed by atoms with Crippen molar-refractivity contribution in [3.8, 4) is 6.07 Å². The highest BCUT2D eigenvalue weighted by molar-refractivity contribution is 7.93. The summed E-state index contributed by atoms with van der Waals surface area (Å²) in [5, 5.41) is 11.6. The standard InChI is InChI=1S/C14H14N4O2S/c1-16-13-7-8-17-10-14(13)21(19,20)18(2)12-5-3-11(9-15)4-6-12/h3-8,10H,1-2H3,(H,16,17). The van der Waals surface area contributed by atoms with E-state index in [-0.39, 0.29) is 4.90 Å². The van der Waals surface area contributed by atoms with Crippen molar-refractivity contribution >= 4 is 21.4 Å². The normalized spacial score (nSPS) is 10.7. The molecule has 1 N–H and O–H groups in total. The van der Waals surface area contributed by atoms with E-state index in [1.54, 1.807) is 37.4 Å². The van der Waals surface area contributed by atoms with Crippen LogP contribution in [0.2, 0.25) is 0 Å². The van der Waals surface area contributed by atoms with Gasteiger partial charge >= 0.3 is 0 Å². The number of hydrogen-bond donors (Lipinski definition) is 1. The Morgan fingerprint density at radius 2 is 1.90 bits per heavy atom. The molecule has 0 amide bonds. The van der Waals surface area contributed by atoms with E-state index in [1.807, 2.05) is 6.07 Å². The quantitative estimate of drug-likeness (QED) is 0.931. The number of sulfonamides is 1. The van der Waals surface area contributed by atoms with Gasteiger partial charge in [0.1, 0.15) is 4.90 Å². The van der Waals surface area contributed by atoms with Crippen LogP contribution in [0.1, 0.15) is 5.56 Å². The van der Waals surface area contributed by atoms with E-state index in [0.29, 0.717) is 16.9 Å². The molecule has 1 aromatic heterocycles. The zero-order valence-corrected chi connectivity index (χ0v) is 12.4. The van der Waals surface area contributed by atoms with Gasteiger partial charge in [-0.25, -0.2) is 8.42 Å². The number of benzene rings is 1. The van der Waals surface area contributed by atoms with Gasteiger partial charge in [0.15, 0.2) is 0 Å². The first-order chi connectivity index (χ1) is 10.0. The van der Waals surface area contributed by atoms with E-state index >= 15 is 0 Å². The molecular formula is C14H14N4O2S. The molecule has 108 valence electrons. The van der Waals surface area contributed by atoms with Crippen molar-refractivity contribution in [2.75, 3.05) is 23.7 Å². The van der Waals surface area contributed by atoms with Gasteiger partial charge in [-0.1, -0.05) is 0 Å². The maximum absolute atomic E-state index is 12.6. The molecule has 0 bridgehead atoms. The smallest absolute Gasteiger partial charge is 0.267 e. The van der Waals surface area contributed by atoms with Crippen molar-refractivity contribution in [1.82, 2.24) is 4.98 Å². The highest BCUT2D eigenvalue weighted by Crippen LogP contribution is 2.26. The average Bonchev–Trinajstić information content (AvgIpc) is 2.54. The number of rotatable bonds is 4. The molecular weight excluding hydrogens is 288 g/mol. The average molecular weight is 302 g/mol. The first-order valence-electron chi connectivity index (χ1n) is 6.11. The highest BCUT2D eigenvalue weighted by atomic mass is 32.2. The van der Waals surface area contributed by atoms with Crippen LogP contribution in [-0.4, -0.2) is 27.5 Å². The van der Waals surface area contributed by atoms with Gasteiger partial charge in [-0.2, -0.15) is 5.26 Å². The molecule has 2 rings (SSSR count). The topological polar surface area (TPSA) is 86.1 Å². The minimum absolute atomic E-state index is 0.0966. The lowest BCUT2D eigenvalue weighted by Gasteiger charge is -2.20. The number of pyridine rings is 1. The fraction of sp³-hybridized carbons (Fsp3) is 0.143. The number of nitrogens with zero attached hydrogens (tertiary/aromatic N) is 3. The van der Waals surface area contributed by atoms with Crippen molar-refractivity contribution in [2.24, 2.45) is 0 Å². The summed E-state index contributed by atoms with van der Waals surface area (Å²) in [7, 11) is -0.619. The van der Waals surface area contributed by atoms with Gasteiger partial charge in [-0.3, -0.25) is 9.29 Å². The molecule has 0 unspecified atom stereocenters. The largest absolute Gasteiger partial charge is 0.387 e. The summed E-state index contributed by atoms with van der Waals surface area (Å²) in [5.74, 6) is 0. The van der Waals surface area contributed by atoms with Crippen molar-refractivity contribution < 1.29 is 8.42 Å². The molecule has 7 heteroatoms. The number of nitrogens with one attached hydrogen (secondary N) is 1. The van der Waals surface area contributed by atoms with Crippen LogP contribution in [0, 0.1) is 11.3 Å². The molecule has 0 spiro atoms. The molecule has 1 heterocycles. The lowest BCUT2D eigenvalue weighted by atomic mass is 10.2. The predicted molar refractivity (Wildman–Crippen MR) is 80.5 cm³/mol. The van der Waals surface area contributed by atoms with Crippen molar-refractivity contribution in [1.29, 1.82) is 5.26 Å². The van der Waals surface area contributed by atoms with Crippen LogP contribution in [-0.2, 0) is 10.0 Å². The summed E-state index contributed by atoms with van der Waals surface area (Å²) >= 11 is 0. The van der Waals surface area contributed by atoms with E-state index in [9.17, 15) is 8.42 Å². The maximum atomic E-state index is 12.6. The monoisotopic (exact) mass is 302 g/mol. The Bertz CT molecular complexity index is 779. The Hall–Kier alpha value is -2.59. The number of nitriles is 1. The SMILES string of the molecule is CNc1ccncc1S(=O)(=O)N(C)c1ccc(C#N)cc1.